The van der Waals surface area contributed by atoms with E-state index in [2.05, 4.69) is 15.5 Å². The molecule has 7 nitrogen and oxygen atoms in total. The van der Waals surface area contributed by atoms with Crippen molar-refractivity contribution in [3.05, 3.63) is 29.3 Å². The lowest BCUT2D eigenvalue weighted by Crippen LogP contribution is -2.45. The number of hydrogen-bond acceptors (Lipinski definition) is 7. The number of amides is 1. The number of nitrogens with zero attached hydrogens (tertiary/aromatic N) is 3. The Kier molecular flexibility index (Phi) is 6.87. The molecule has 0 aliphatic rings. The van der Waals surface area contributed by atoms with Gasteiger partial charge in [-0.3, -0.25) is 14.4 Å². The largest absolute Gasteiger partial charge is 0.299 e. The number of sulfonamides is 1. The highest BCUT2D eigenvalue weighted by Crippen LogP contribution is 2.30. The predicted molar refractivity (Wildman–Crippen MR) is 112 cm³/mol. The number of rotatable bonds is 7. The van der Waals surface area contributed by atoms with Crippen LogP contribution in [-0.2, 0) is 14.8 Å². The summed E-state index contributed by atoms with van der Waals surface area (Å²) in [5, 5.41) is 11.4. The van der Waals surface area contributed by atoms with Crippen LogP contribution in [0.15, 0.2) is 22.5 Å². The van der Waals surface area contributed by atoms with E-state index in [-0.39, 0.29) is 0 Å². The Labute approximate surface area is 168 Å². The summed E-state index contributed by atoms with van der Waals surface area (Å²) in [6.07, 6.45) is 1.10. The fourth-order valence-corrected chi connectivity index (χ4v) is 5.66. The van der Waals surface area contributed by atoms with Crippen molar-refractivity contribution in [1.82, 2.24) is 10.2 Å². The number of anilines is 2. The highest BCUT2D eigenvalue weighted by atomic mass is 32.2. The molecule has 0 aliphatic heterocycles. The molecule has 0 spiro atoms. The van der Waals surface area contributed by atoms with Crippen molar-refractivity contribution in [2.75, 3.05) is 15.9 Å². The molecule has 2 rings (SSSR count). The van der Waals surface area contributed by atoms with Gasteiger partial charge in [0.25, 0.3) is 0 Å². The highest BCUT2D eigenvalue weighted by molar-refractivity contribution is 8.01. The second-order valence-corrected chi connectivity index (χ2v) is 11.2. The second-order valence-electron chi connectivity index (χ2n) is 6.55. The zero-order chi connectivity index (χ0) is 20.4. The van der Waals surface area contributed by atoms with Gasteiger partial charge in [0.05, 0.1) is 11.9 Å². The van der Waals surface area contributed by atoms with E-state index in [1.165, 1.54) is 11.3 Å². The van der Waals surface area contributed by atoms with Gasteiger partial charge in [-0.2, -0.15) is 0 Å². The van der Waals surface area contributed by atoms with Gasteiger partial charge in [-0.15, -0.1) is 10.2 Å². The van der Waals surface area contributed by atoms with Gasteiger partial charge in [0, 0.05) is 5.25 Å². The van der Waals surface area contributed by atoms with E-state index < -0.39 is 22.0 Å². The Morgan fingerprint density at radius 2 is 1.89 bits per heavy atom. The molecular weight excluding hydrogens is 404 g/mol. The molecule has 1 atom stereocenters. The van der Waals surface area contributed by atoms with E-state index in [1.807, 2.05) is 39.8 Å². The number of hydrogen-bond donors (Lipinski definition) is 1. The summed E-state index contributed by atoms with van der Waals surface area (Å²) >= 11 is 2.82. The third kappa shape index (κ3) is 5.66. The standard InChI is InChI=1S/C17H24N4O3S3/c1-10(2)25-17-20-19-16(26-17)18-15(22)13(5)21(27(6,23)24)14-9-11(3)7-8-12(14)4/h7-10,13H,1-6H3,(H,18,19,22). The topological polar surface area (TPSA) is 92.3 Å². The van der Waals surface area contributed by atoms with Crippen LogP contribution >= 0.6 is 23.1 Å². The summed E-state index contributed by atoms with van der Waals surface area (Å²) in [7, 11) is -3.67. The molecule has 1 N–H and O–H groups in total. The van der Waals surface area contributed by atoms with E-state index in [1.54, 1.807) is 24.8 Å². The first kappa shape index (κ1) is 21.6. The van der Waals surface area contributed by atoms with E-state index in [0.29, 0.717) is 16.1 Å². The molecule has 0 aliphatic carbocycles. The summed E-state index contributed by atoms with van der Waals surface area (Å²) in [5.41, 5.74) is 2.18. The molecule has 1 aromatic heterocycles. The quantitative estimate of drug-likeness (QED) is 0.536. The molecule has 1 amide bonds. The lowest BCUT2D eigenvalue weighted by molar-refractivity contribution is -0.116. The van der Waals surface area contributed by atoms with Gasteiger partial charge in [0.15, 0.2) is 4.34 Å². The Bertz CT molecular complexity index is 925. The van der Waals surface area contributed by atoms with Crippen molar-refractivity contribution in [2.24, 2.45) is 0 Å². The van der Waals surface area contributed by atoms with Crippen LogP contribution < -0.4 is 9.62 Å². The van der Waals surface area contributed by atoms with Crippen molar-refractivity contribution in [1.29, 1.82) is 0 Å². The minimum Gasteiger partial charge on any atom is -0.299 e. The van der Waals surface area contributed by atoms with Gasteiger partial charge < -0.3 is 0 Å². The van der Waals surface area contributed by atoms with Crippen LogP contribution in [0.4, 0.5) is 10.8 Å². The van der Waals surface area contributed by atoms with Crippen molar-refractivity contribution < 1.29 is 13.2 Å². The first-order chi connectivity index (χ1) is 12.5. The van der Waals surface area contributed by atoms with E-state index in [0.717, 1.165) is 26.0 Å². The molecule has 1 heterocycles. The SMILES string of the molecule is Cc1ccc(C)c(N(C(C)C(=O)Nc2nnc(SC(C)C)s2)S(C)(=O)=O)c1. The van der Waals surface area contributed by atoms with Gasteiger partial charge >= 0.3 is 0 Å². The molecule has 0 radical (unpaired) electrons. The lowest BCUT2D eigenvalue weighted by Gasteiger charge is -2.29. The molecular formula is C17H24N4O3S3. The maximum atomic E-state index is 12.7. The zero-order valence-corrected chi connectivity index (χ0v) is 18.6. The van der Waals surface area contributed by atoms with Gasteiger partial charge in [0.1, 0.15) is 6.04 Å². The summed E-state index contributed by atoms with van der Waals surface area (Å²) in [6.45, 7) is 9.34. The average molecular weight is 429 g/mol. The third-order valence-corrected chi connectivity index (χ3v) is 6.82. The number of aromatic nitrogens is 2. The van der Waals surface area contributed by atoms with Crippen molar-refractivity contribution in [3.63, 3.8) is 0 Å². The van der Waals surface area contributed by atoms with Crippen LogP contribution in [-0.4, -0.2) is 42.1 Å². The van der Waals surface area contributed by atoms with Crippen LogP contribution in [0.3, 0.4) is 0 Å². The zero-order valence-electron chi connectivity index (χ0n) is 16.2. The Hall–Kier alpha value is -1.65. The summed E-state index contributed by atoms with van der Waals surface area (Å²) in [4.78, 5) is 12.7. The first-order valence-electron chi connectivity index (χ1n) is 8.36. The average Bonchev–Trinajstić information content (AvgIpc) is 2.95. The highest BCUT2D eigenvalue weighted by Gasteiger charge is 2.30. The molecule has 27 heavy (non-hydrogen) atoms. The van der Waals surface area contributed by atoms with Gasteiger partial charge in [-0.05, 0) is 38.0 Å². The van der Waals surface area contributed by atoms with Gasteiger partial charge in [-0.25, -0.2) is 8.42 Å². The van der Waals surface area contributed by atoms with E-state index in [9.17, 15) is 13.2 Å². The smallest absolute Gasteiger partial charge is 0.249 e. The van der Waals surface area contributed by atoms with Crippen molar-refractivity contribution in [2.45, 2.75) is 50.3 Å². The Balaban J connectivity index is 2.27. The van der Waals surface area contributed by atoms with Crippen LogP contribution in [0, 0.1) is 13.8 Å². The molecule has 0 saturated carbocycles. The molecule has 1 unspecified atom stereocenters. The molecule has 0 fully saturated rings. The Morgan fingerprint density at radius 3 is 2.48 bits per heavy atom. The third-order valence-electron chi connectivity index (χ3n) is 3.66. The minimum atomic E-state index is -3.67. The molecule has 0 bridgehead atoms. The van der Waals surface area contributed by atoms with Crippen molar-refractivity contribution in [3.8, 4) is 0 Å². The molecule has 148 valence electrons. The number of carbonyl (C=O) groups excluding carboxylic acids is 1. The first-order valence-corrected chi connectivity index (χ1v) is 11.9. The maximum absolute atomic E-state index is 12.7. The maximum Gasteiger partial charge on any atom is 0.249 e. The predicted octanol–water partition coefficient (Wildman–Crippen LogP) is 3.45. The Morgan fingerprint density at radius 1 is 1.22 bits per heavy atom. The summed E-state index contributed by atoms with van der Waals surface area (Å²) < 4.78 is 26.8. The second kappa shape index (κ2) is 8.57. The molecule has 2 aromatic rings. The monoisotopic (exact) mass is 428 g/mol. The summed E-state index contributed by atoms with van der Waals surface area (Å²) in [6, 6.07) is 4.57. The van der Waals surface area contributed by atoms with Crippen LogP contribution in [0.25, 0.3) is 0 Å². The number of aryl methyl sites for hydroxylation is 2. The molecule has 1 aromatic carbocycles. The summed E-state index contributed by atoms with van der Waals surface area (Å²) in [5.74, 6) is -0.460. The normalized spacial score (nSPS) is 12.9. The molecule has 0 saturated heterocycles. The van der Waals surface area contributed by atoms with E-state index in [4.69, 9.17) is 0 Å². The fraction of sp³-hybridized carbons (Fsp3) is 0.471. The number of benzene rings is 1. The lowest BCUT2D eigenvalue weighted by atomic mass is 10.1. The van der Waals surface area contributed by atoms with Gasteiger partial charge in [-0.1, -0.05) is 49.1 Å². The molecule has 10 heteroatoms. The number of carbonyl (C=O) groups is 1. The number of nitrogens with one attached hydrogen (secondary N) is 1. The van der Waals surface area contributed by atoms with Crippen LogP contribution in [0.2, 0.25) is 0 Å². The van der Waals surface area contributed by atoms with Crippen LogP contribution in [0.5, 0.6) is 0 Å². The van der Waals surface area contributed by atoms with Gasteiger partial charge in [0.2, 0.25) is 21.1 Å². The fourth-order valence-electron chi connectivity index (χ4n) is 2.46. The minimum absolute atomic E-state index is 0.351. The van der Waals surface area contributed by atoms with E-state index >= 15 is 0 Å². The van der Waals surface area contributed by atoms with Crippen molar-refractivity contribution >= 4 is 49.8 Å². The number of thioether (sulfide) groups is 1. The van der Waals surface area contributed by atoms with Crippen LogP contribution in [0.1, 0.15) is 31.9 Å².